The van der Waals surface area contributed by atoms with Gasteiger partial charge in [0.2, 0.25) is 0 Å². The normalized spacial score (nSPS) is 12.4. The van der Waals surface area contributed by atoms with Crippen LogP contribution in [0.25, 0.3) is 0 Å². The van der Waals surface area contributed by atoms with E-state index in [2.05, 4.69) is 0 Å². The average molecular weight is 265 g/mol. The molecular formula is C14H16FNOS. The van der Waals surface area contributed by atoms with Gasteiger partial charge in [0.05, 0.1) is 0 Å². The van der Waals surface area contributed by atoms with Crippen LogP contribution in [0, 0.1) is 19.7 Å². The highest BCUT2D eigenvalue weighted by molar-refractivity contribution is 7.10. The maximum atomic E-state index is 13.9. The molecule has 18 heavy (non-hydrogen) atoms. The number of nitrogens with two attached hydrogens (primary N) is 1. The Morgan fingerprint density at radius 1 is 1.28 bits per heavy atom. The summed E-state index contributed by atoms with van der Waals surface area (Å²) in [7, 11) is 0. The van der Waals surface area contributed by atoms with Crippen LogP contribution in [0.1, 0.15) is 22.1 Å². The Balaban J connectivity index is 2.26. The molecule has 1 aromatic heterocycles. The summed E-state index contributed by atoms with van der Waals surface area (Å²) in [6, 6.07) is 7.14. The van der Waals surface area contributed by atoms with Crippen LogP contribution in [0.2, 0.25) is 0 Å². The molecule has 0 bridgehead atoms. The lowest BCUT2D eigenvalue weighted by Gasteiger charge is -2.18. The molecule has 2 aromatic rings. The third-order valence-electron chi connectivity index (χ3n) is 2.83. The zero-order valence-electron chi connectivity index (χ0n) is 10.4. The lowest BCUT2D eigenvalue weighted by molar-refractivity contribution is 0.207. The zero-order valence-corrected chi connectivity index (χ0v) is 11.3. The van der Waals surface area contributed by atoms with Crippen LogP contribution in [0.5, 0.6) is 5.75 Å². The largest absolute Gasteiger partial charge is 0.480 e. The van der Waals surface area contributed by atoms with Crippen LogP contribution >= 0.6 is 11.3 Å². The maximum Gasteiger partial charge on any atom is 0.167 e. The van der Waals surface area contributed by atoms with Gasteiger partial charge in [-0.15, -0.1) is 11.3 Å². The first-order valence-electron chi connectivity index (χ1n) is 5.79. The van der Waals surface area contributed by atoms with Gasteiger partial charge in [0, 0.05) is 11.4 Å². The van der Waals surface area contributed by atoms with E-state index in [9.17, 15) is 4.39 Å². The van der Waals surface area contributed by atoms with Crippen molar-refractivity contribution in [2.75, 3.05) is 6.54 Å². The Morgan fingerprint density at radius 3 is 2.67 bits per heavy atom. The predicted octanol–water partition coefficient (Wildman–Crippen LogP) is 3.58. The third kappa shape index (κ3) is 2.54. The molecule has 1 atom stereocenters. The van der Waals surface area contributed by atoms with E-state index in [1.54, 1.807) is 36.5 Å². The molecule has 1 unspecified atom stereocenters. The van der Waals surface area contributed by atoms with Crippen molar-refractivity contribution in [2.24, 2.45) is 5.73 Å². The predicted molar refractivity (Wildman–Crippen MR) is 72.6 cm³/mol. The minimum atomic E-state index is -0.315. The number of rotatable bonds is 4. The van der Waals surface area contributed by atoms with Crippen LogP contribution < -0.4 is 10.5 Å². The van der Waals surface area contributed by atoms with E-state index >= 15 is 0 Å². The first kappa shape index (κ1) is 13.1. The molecule has 96 valence electrons. The Labute approximate surface area is 110 Å². The summed E-state index contributed by atoms with van der Waals surface area (Å²) >= 11 is 1.58. The molecule has 0 saturated heterocycles. The topological polar surface area (TPSA) is 35.2 Å². The minimum Gasteiger partial charge on any atom is -0.480 e. The molecule has 2 nitrogen and oxygen atoms in total. The smallest absolute Gasteiger partial charge is 0.167 e. The van der Waals surface area contributed by atoms with Crippen molar-refractivity contribution in [1.82, 2.24) is 0 Å². The van der Waals surface area contributed by atoms with Gasteiger partial charge in [-0.25, -0.2) is 4.39 Å². The van der Waals surface area contributed by atoms with Crippen molar-refractivity contribution in [3.8, 4) is 5.75 Å². The van der Waals surface area contributed by atoms with Crippen molar-refractivity contribution in [2.45, 2.75) is 20.0 Å². The van der Waals surface area contributed by atoms with Crippen molar-refractivity contribution < 1.29 is 9.13 Å². The van der Waals surface area contributed by atoms with Gasteiger partial charge in [0.25, 0.3) is 0 Å². The highest BCUT2D eigenvalue weighted by atomic mass is 32.1. The zero-order chi connectivity index (χ0) is 13.1. The Bertz CT molecular complexity index is 538. The van der Waals surface area contributed by atoms with Crippen molar-refractivity contribution in [1.29, 1.82) is 0 Å². The van der Waals surface area contributed by atoms with Crippen LogP contribution in [0.15, 0.2) is 29.6 Å². The second kappa shape index (κ2) is 5.50. The highest BCUT2D eigenvalue weighted by Crippen LogP contribution is 2.30. The third-order valence-corrected chi connectivity index (χ3v) is 3.94. The summed E-state index contributed by atoms with van der Waals surface area (Å²) in [6.45, 7) is 4.05. The molecule has 0 spiro atoms. The van der Waals surface area contributed by atoms with Crippen LogP contribution in [0.4, 0.5) is 4.39 Å². The summed E-state index contributed by atoms with van der Waals surface area (Å²) in [5, 5.41) is 1.99. The second-order valence-corrected chi connectivity index (χ2v) is 5.14. The number of halogens is 1. The molecule has 2 N–H and O–H groups in total. The fraction of sp³-hybridized carbons (Fsp3) is 0.286. The van der Waals surface area contributed by atoms with Crippen LogP contribution in [-0.4, -0.2) is 6.54 Å². The Morgan fingerprint density at radius 2 is 2.06 bits per heavy atom. The van der Waals surface area contributed by atoms with Crippen molar-refractivity contribution in [3.63, 3.8) is 0 Å². The van der Waals surface area contributed by atoms with Crippen molar-refractivity contribution >= 4 is 11.3 Å². The fourth-order valence-corrected chi connectivity index (χ4v) is 2.76. The molecule has 0 saturated carbocycles. The van der Waals surface area contributed by atoms with Gasteiger partial charge in [0.15, 0.2) is 11.6 Å². The number of benzene rings is 1. The summed E-state index contributed by atoms with van der Waals surface area (Å²) in [6.07, 6.45) is -0.290. The van der Waals surface area contributed by atoms with Gasteiger partial charge in [-0.1, -0.05) is 12.1 Å². The fourth-order valence-electron chi connectivity index (χ4n) is 1.79. The summed E-state index contributed by atoms with van der Waals surface area (Å²) in [4.78, 5) is 1.05. The molecule has 1 aromatic carbocycles. The molecule has 0 aliphatic carbocycles. The van der Waals surface area contributed by atoms with Crippen LogP contribution in [-0.2, 0) is 0 Å². The number of ether oxygens (including phenoxy) is 1. The van der Waals surface area contributed by atoms with E-state index in [0.717, 1.165) is 10.4 Å². The standard InChI is InChI=1S/C14H16FNOS/c1-9-4-3-5-11(13(9)15)17-12(8-16)14-10(2)6-7-18-14/h3-7,12H,8,16H2,1-2H3. The number of hydrogen-bond donors (Lipinski definition) is 1. The lowest BCUT2D eigenvalue weighted by Crippen LogP contribution is -2.18. The van der Waals surface area contributed by atoms with E-state index in [1.807, 2.05) is 18.4 Å². The molecular weight excluding hydrogens is 249 g/mol. The van der Waals surface area contributed by atoms with Crippen molar-refractivity contribution in [3.05, 3.63) is 51.5 Å². The molecule has 0 radical (unpaired) electrons. The molecule has 0 amide bonds. The molecule has 0 aliphatic heterocycles. The maximum absolute atomic E-state index is 13.9. The van der Waals surface area contributed by atoms with E-state index in [-0.39, 0.29) is 17.7 Å². The van der Waals surface area contributed by atoms with E-state index in [0.29, 0.717) is 12.1 Å². The van der Waals surface area contributed by atoms with Gasteiger partial charge < -0.3 is 10.5 Å². The summed E-state index contributed by atoms with van der Waals surface area (Å²) < 4.78 is 19.6. The number of hydrogen-bond acceptors (Lipinski definition) is 3. The number of aryl methyl sites for hydroxylation is 2. The van der Waals surface area contributed by atoms with Crippen LogP contribution in [0.3, 0.4) is 0 Å². The molecule has 0 aliphatic rings. The van der Waals surface area contributed by atoms with E-state index in [4.69, 9.17) is 10.5 Å². The second-order valence-electron chi connectivity index (χ2n) is 4.20. The quantitative estimate of drug-likeness (QED) is 0.917. The summed E-state index contributed by atoms with van der Waals surface area (Å²) in [5.41, 5.74) is 7.43. The Hall–Kier alpha value is -1.39. The SMILES string of the molecule is Cc1ccsc1C(CN)Oc1cccc(C)c1F. The monoisotopic (exact) mass is 265 g/mol. The molecule has 1 heterocycles. The summed E-state index contributed by atoms with van der Waals surface area (Å²) in [5.74, 6) is -0.0524. The first-order chi connectivity index (χ1) is 8.63. The highest BCUT2D eigenvalue weighted by Gasteiger charge is 2.17. The van der Waals surface area contributed by atoms with Gasteiger partial charge in [-0.05, 0) is 42.5 Å². The molecule has 0 fully saturated rings. The minimum absolute atomic E-state index is 0.262. The average Bonchev–Trinajstić information content (AvgIpc) is 2.77. The van der Waals surface area contributed by atoms with Gasteiger partial charge in [-0.3, -0.25) is 0 Å². The Kier molecular flexibility index (Phi) is 3.99. The van der Waals surface area contributed by atoms with Gasteiger partial charge in [-0.2, -0.15) is 0 Å². The molecule has 4 heteroatoms. The van der Waals surface area contributed by atoms with E-state index in [1.165, 1.54) is 0 Å². The van der Waals surface area contributed by atoms with E-state index < -0.39 is 0 Å². The molecule has 2 rings (SSSR count). The lowest BCUT2D eigenvalue weighted by atomic mass is 10.2. The first-order valence-corrected chi connectivity index (χ1v) is 6.67. The van der Waals surface area contributed by atoms with Gasteiger partial charge >= 0.3 is 0 Å². The number of thiophene rings is 1. The van der Waals surface area contributed by atoms with Gasteiger partial charge in [0.1, 0.15) is 6.10 Å².